The number of benzene rings is 2. The van der Waals surface area contributed by atoms with Gasteiger partial charge in [0.25, 0.3) is 5.95 Å². The maximum absolute atomic E-state index is 6.33. The number of anilines is 2. The first-order valence-corrected chi connectivity index (χ1v) is 8.95. The van der Waals surface area contributed by atoms with E-state index in [2.05, 4.69) is 16.0 Å². The van der Waals surface area contributed by atoms with Gasteiger partial charge in [-0.2, -0.15) is 4.98 Å². The van der Waals surface area contributed by atoms with Crippen molar-refractivity contribution >= 4 is 34.8 Å². The third kappa shape index (κ3) is 3.87. The molecule has 0 saturated carbocycles. The number of methoxy groups -OCH3 is 1. The topological polar surface area (TPSA) is 43.2 Å². The van der Waals surface area contributed by atoms with Crippen LogP contribution >= 0.6 is 23.2 Å². The van der Waals surface area contributed by atoms with Crippen LogP contribution < -0.4 is 9.64 Å². The van der Waals surface area contributed by atoms with Gasteiger partial charge in [-0.25, -0.2) is 4.68 Å². The first-order valence-electron chi connectivity index (χ1n) is 8.19. The fourth-order valence-electron chi connectivity index (χ4n) is 2.74. The molecule has 3 rings (SSSR count). The Morgan fingerprint density at radius 3 is 2.63 bits per heavy atom. The molecule has 0 saturated heterocycles. The minimum atomic E-state index is 0.289. The molecule has 138 valence electrons. The summed E-state index contributed by atoms with van der Waals surface area (Å²) < 4.78 is 7.16. The molecule has 3 aromatic rings. The van der Waals surface area contributed by atoms with Crippen LogP contribution in [0.4, 0.5) is 11.6 Å². The fourth-order valence-corrected chi connectivity index (χ4v) is 3.23. The van der Waals surface area contributed by atoms with E-state index in [1.165, 1.54) is 0 Å². The van der Waals surface area contributed by atoms with Crippen LogP contribution in [0.15, 0.2) is 36.4 Å². The van der Waals surface area contributed by atoms with Gasteiger partial charge >= 0.3 is 0 Å². The average Bonchev–Trinajstić information content (AvgIpc) is 3.01. The van der Waals surface area contributed by atoms with Gasteiger partial charge in [0.1, 0.15) is 11.6 Å². The van der Waals surface area contributed by atoms with Gasteiger partial charge in [0.05, 0.1) is 30.1 Å². The summed E-state index contributed by atoms with van der Waals surface area (Å²) in [5.74, 6) is 4.48. The minimum Gasteiger partial charge on any atom is -0.495 e. The zero-order chi connectivity index (χ0) is 19.6. The average molecular weight is 401 g/mol. The second kappa shape index (κ2) is 7.91. The number of hydrogen-bond acceptors (Lipinski definition) is 4. The molecule has 0 bridgehead atoms. The Labute approximate surface area is 168 Å². The smallest absolute Gasteiger partial charge is 0.250 e. The molecular weight excluding hydrogens is 383 g/mol. The molecule has 0 spiro atoms. The van der Waals surface area contributed by atoms with Crippen LogP contribution in [-0.4, -0.2) is 28.4 Å². The molecular formula is C20H18Cl2N4O. The molecule has 7 heteroatoms. The van der Waals surface area contributed by atoms with E-state index in [1.54, 1.807) is 30.0 Å². The van der Waals surface area contributed by atoms with Crippen LogP contribution in [0.3, 0.4) is 0 Å². The maximum Gasteiger partial charge on any atom is 0.250 e. The van der Waals surface area contributed by atoms with Crippen LogP contribution in [0.5, 0.6) is 5.75 Å². The van der Waals surface area contributed by atoms with E-state index in [9.17, 15) is 0 Å². The quantitative estimate of drug-likeness (QED) is 0.566. The van der Waals surface area contributed by atoms with Gasteiger partial charge in [0, 0.05) is 5.02 Å². The Morgan fingerprint density at radius 1 is 1.19 bits per heavy atom. The van der Waals surface area contributed by atoms with Crippen molar-refractivity contribution in [1.82, 2.24) is 14.8 Å². The molecule has 0 fully saturated rings. The van der Waals surface area contributed by atoms with Gasteiger partial charge in [-0.1, -0.05) is 35.2 Å². The van der Waals surface area contributed by atoms with Gasteiger partial charge in [-0.3, -0.25) is 4.90 Å². The summed E-state index contributed by atoms with van der Waals surface area (Å²) in [6.45, 7) is 4.14. The SMILES string of the molecule is C#CCN(c1nc(C)n(-c2ccc(Cl)cc2Cl)n1)c1cc(C)ccc1OC. The Bertz CT molecular complexity index is 1020. The van der Waals surface area contributed by atoms with Crippen LogP contribution in [0, 0.1) is 26.2 Å². The monoisotopic (exact) mass is 400 g/mol. The first-order chi connectivity index (χ1) is 12.9. The summed E-state index contributed by atoms with van der Waals surface area (Å²) in [6, 6.07) is 11.1. The van der Waals surface area contributed by atoms with E-state index in [1.807, 2.05) is 36.9 Å². The lowest BCUT2D eigenvalue weighted by Crippen LogP contribution is -2.20. The molecule has 1 heterocycles. The van der Waals surface area contributed by atoms with Crippen molar-refractivity contribution in [1.29, 1.82) is 0 Å². The van der Waals surface area contributed by atoms with Crippen molar-refractivity contribution in [3.05, 3.63) is 57.8 Å². The number of ether oxygens (including phenoxy) is 1. The third-order valence-electron chi connectivity index (χ3n) is 4.01. The number of terminal acetylenes is 1. The van der Waals surface area contributed by atoms with Gasteiger partial charge < -0.3 is 4.74 Å². The van der Waals surface area contributed by atoms with Crippen molar-refractivity contribution in [3.8, 4) is 23.8 Å². The number of nitrogens with zero attached hydrogens (tertiary/aromatic N) is 4. The van der Waals surface area contributed by atoms with Crippen LogP contribution in [0.25, 0.3) is 5.69 Å². The summed E-state index contributed by atoms with van der Waals surface area (Å²) in [5, 5.41) is 5.66. The van der Waals surface area contributed by atoms with E-state index in [4.69, 9.17) is 34.4 Å². The fraction of sp³-hybridized carbons (Fsp3) is 0.200. The number of aryl methyl sites for hydroxylation is 2. The lowest BCUT2D eigenvalue weighted by atomic mass is 10.2. The van der Waals surface area contributed by atoms with Gasteiger partial charge in [0.2, 0.25) is 0 Å². The summed E-state index contributed by atoms with van der Waals surface area (Å²) in [4.78, 5) is 6.42. The van der Waals surface area contributed by atoms with Gasteiger partial charge in [-0.15, -0.1) is 11.5 Å². The Kier molecular flexibility index (Phi) is 5.59. The normalized spacial score (nSPS) is 10.5. The molecule has 0 unspecified atom stereocenters. The molecule has 0 amide bonds. The number of aromatic nitrogens is 3. The largest absolute Gasteiger partial charge is 0.495 e. The Morgan fingerprint density at radius 2 is 1.96 bits per heavy atom. The van der Waals surface area contributed by atoms with Crippen molar-refractivity contribution in [2.75, 3.05) is 18.6 Å². The minimum absolute atomic E-state index is 0.289. The highest BCUT2D eigenvalue weighted by atomic mass is 35.5. The van der Waals surface area contributed by atoms with E-state index >= 15 is 0 Å². The molecule has 27 heavy (non-hydrogen) atoms. The molecule has 1 aromatic heterocycles. The van der Waals surface area contributed by atoms with Crippen molar-refractivity contribution in [2.45, 2.75) is 13.8 Å². The van der Waals surface area contributed by atoms with Gasteiger partial charge in [-0.05, 0) is 49.7 Å². The number of hydrogen-bond donors (Lipinski definition) is 0. The van der Waals surface area contributed by atoms with Crippen LogP contribution in [0.1, 0.15) is 11.4 Å². The third-order valence-corrected chi connectivity index (χ3v) is 4.55. The predicted molar refractivity (Wildman–Crippen MR) is 110 cm³/mol. The highest BCUT2D eigenvalue weighted by Gasteiger charge is 2.20. The van der Waals surface area contributed by atoms with E-state index in [-0.39, 0.29) is 6.54 Å². The standard InChI is InChI=1S/C20H18Cl2N4O/c1-5-10-25(18-11-13(2)6-9-19(18)27-4)20-23-14(3)26(24-20)17-8-7-15(21)12-16(17)22/h1,6-9,11-12H,10H2,2-4H3. The second-order valence-electron chi connectivity index (χ2n) is 5.93. The molecule has 0 N–H and O–H groups in total. The highest BCUT2D eigenvalue weighted by molar-refractivity contribution is 6.35. The summed E-state index contributed by atoms with van der Waals surface area (Å²) in [6.07, 6.45) is 5.60. The van der Waals surface area contributed by atoms with E-state index in [0.717, 1.165) is 11.3 Å². The Balaban J connectivity index is 2.11. The second-order valence-corrected chi connectivity index (χ2v) is 6.78. The molecule has 0 aliphatic rings. The molecule has 0 aliphatic carbocycles. The first kappa shape index (κ1) is 19.1. The molecule has 5 nitrogen and oxygen atoms in total. The number of halogens is 2. The van der Waals surface area contributed by atoms with Crippen molar-refractivity contribution in [2.24, 2.45) is 0 Å². The molecule has 2 aromatic carbocycles. The van der Waals surface area contributed by atoms with Gasteiger partial charge in [0.15, 0.2) is 0 Å². The van der Waals surface area contributed by atoms with Crippen molar-refractivity contribution < 1.29 is 4.74 Å². The highest BCUT2D eigenvalue weighted by Crippen LogP contribution is 2.34. The van der Waals surface area contributed by atoms with Crippen LogP contribution in [-0.2, 0) is 0 Å². The van der Waals surface area contributed by atoms with Crippen molar-refractivity contribution in [3.63, 3.8) is 0 Å². The molecule has 0 radical (unpaired) electrons. The zero-order valence-corrected chi connectivity index (χ0v) is 16.7. The number of rotatable bonds is 5. The molecule has 0 atom stereocenters. The van der Waals surface area contributed by atoms with E-state index < -0.39 is 0 Å². The molecule has 0 aliphatic heterocycles. The summed E-state index contributed by atoms with van der Waals surface area (Å²) in [7, 11) is 1.62. The summed E-state index contributed by atoms with van der Waals surface area (Å²) in [5.41, 5.74) is 2.56. The summed E-state index contributed by atoms with van der Waals surface area (Å²) >= 11 is 12.3. The zero-order valence-electron chi connectivity index (χ0n) is 15.2. The Hall–Kier alpha value is -2.68. The maximum atomic E-state index is 6.33. The van der Waals surface area contributed by atoms with Crippen LogP contribution in [0.2, 0.25) is 10.0 Å². The lowest BCUT2D eigenvalue weighted by Gasteiger charge is -2.21. The lowest BCUT2D eigenvalue weighted by molar-refractivity contribution is 0.415. The predicted octanol–water partition coefficient (Wildman–Crippen LogP) is 4.97. The van der Waals surface area contributed by atoms with E-state index in [0.29, 0.717) is 33.3 Å².